The number of nitrogens with one attached hydrogen (secondary N) is 1. The number of hydrogen-bond donors (Lipinski definition) is 1. The zero-order valence-corrected chi connectivity index (χ0v) is 21.0. The third kappa shape index (κ3) is 4.48. The van der Waals surface area contributed by atoms with Crippen LogP contribution in [0, 0.1) is 39.0 Å². The van der Waals surface area contributed by atoms with Crippen molar-refractivity contribution in [3.8, 4) is 11.1 Å². The predicted molar refractivity (Wildman–Crippen MR) is 140 cm³/mol. The third-order valence-electron chi connectivity index (χ3n) is 6.10. The molecule has 176 valence electrons. The standard InChI is InChI=1S/C28H25N3O3S/c1-16-12-22(18(3)31(16)27-25(28(33)34-5)17(2)19(4)35-27)13-23(15-29)26(32)30-24-11-10-20-8-6-7-9-21(20)14-24/h6-14H,1-5H3,(H,30,32)/b23-13+. The SMILES string of the molecule is COC(=O)c1c(-n2c(C)cc(/C=C(\C#N)C(=O)Nc3ccc4ccccc4c3)c2C)sc(C)c1C. The van der Waals surface area contributed by atoms with Gasteiger partial charge in [0, 0.05) is 22.0 Å². The normalized spacial score (nSPS) is 11.4. The number of anilines is 1. The smallest absolute Gasteiger partial charge is 0.341 e. The molecule has 4 rings (SSSR count). The zero-order chi connectivity index (χ0) is 25.3. The average Bonchev–Trinajstić information content (AvgIpc) is 3.29. The molecule has 0 aliphatic rings. The molecule has 6 nitrogen and oxygen atoms in total. The van der Waals surface area contributed by atoms with E-state index in [4.69, 9.17) is 4.74 Å². The molecule has 35 heavy (non-hydrogen) atoms. The monoisotopic (exact) mass is 483 g/mol. The Hall–Kier alpha value is -4.15. The summed E-state index contributed by atoms with van der Waals surface area (Å²) in [6, 6.07) is 17.4. The Bertz CT molecular complexity index is 1550. The third-order valence-corrected chi connectivity index (χ3v) is 7.29. The Morgan fingerprint density at radius 3 is 2.46 bits per heavy atom. The first-order valence-electron chi connectivity index (χ1n) is 11.0. The van der Waals surface area contributed by atoms with Gasteiger partial charge < -0.3 is 14.6 Å². The number of amides is 1. The van der Waals surface area contributed by atoms with Gasteiger partial charge in [0.2, 0.25) is 0 Å². The summed E-state index contributed by atoms with van der Waals surface area (Å²) in [5.41, 5.74) is 4.45. The number of aryl methyl sites for hydroxylation is 2. The van der Waals surface area contributed by atoms with Crippen LogP contribution in [0.1, 0.15) is 37.7 Å². The molecule has 0 spiro atoms. The van der Waals surface area contributed by atoms with E-state index in [0.29, 0.717) is 11.3 Å². The molecular formula is C28H25N3O3S. The number of carbonyl (C=O) groups excluding carboxylic acids is 2. The summed E-state index contributed by atoms with van der Waals surface area (Å²) in [6.45, 7) is 7.70. The maximum Gasteiger partial charge on any atom is 0.341 e. The zero-order valence-electron chi connectivity index (χ0n) is 20.2. The van der Waals surface area contributed by atoms with Gasteiger partial charge in [-0.05, 0) is 73.9 Å². The maximum absolute atomic E-state index is 12.9. The molecule has 0 atom stereocenters. The summed E-state index contributed by atoms with van der Waals surface area (Å²) in [5, 5.41) is 15.4. The summed E-state index contributed by atoms with van der Waals surface area (Å²) >= 11 is 1.51. The number of nitrogens with zero attached hydrogens (tertiary/aromatic N) is 2. The number of rotatable bonds is 5. The summed E-state index contributed by atoms with van der Waals surface area (Å²) in [6.07, 6.45) is 1.58. The number of fused-ring (bicyclic) bond motifs is 1. The molecule has 4 aromatic rings. The van der Waals surface area contributed by atoms with Crippen molar-refractivity contribution in [2.24, 2.45) is 0 Å². The lowest BCUT2D eigenvalue weighted by Crippen LogP contribution is -2.13. The topological polar surface area (TPSA) is 84.1 Å². The van der Waals surface area contributed by atoms with Crippen LogP contribution in [0.15, 0.2) is 54.1 Å². The second-order valence-corrected chi connectivity index (χ2v) is 9.51. The van der Waals surface area contributed by atoms with Gasteiger partial charge in [0.05, 0.1) is 12.7 Å². The van der Waals surface area contributed by atoms with Crippen molar-refractivity contribution in [2.75, 3.05) is 12.4 Å². The second-order valence-electron chi connectivity index (χ2n) is 8.30. The molecular weight excluding hydrogens is 458 g/mol. The first kappa shape index (κ1) is 24.0. The van der Waals surface area contributed by atoms with Crippen LogP contribution in [0.25, 0.3) is 21.8 Å². The van der Waals surface area contributed by atoms with Gasteiger partial charge in [-0.25, -0.2) is 4.79 Å². The molecule has 1 amide bonds. The highest BCUT2D eigenvalue weighted by Gasteiger charge is 2.24. The van der Waals surface area contributed by atoms with E-state index >= 15 is 0 Å². The van der Waals surface area contributed by atoms with E-state index in [0.717, 1.165) is 43.2 Å². The molecule has 0 fully saturated rings. The minimum absolute atomic E-state index is 0.00913. The average molecular weight is 484 g/mol. The largest absolute Gasteiger partial charge is 0.465 e. The highest BCUT2D eigenvalue weighted by atomic mass is 32.1. The summed E-state index contributed by atoms with van der Waals surface area (Å²) in [5.74, 6) is -0.871. The van der Waals surface area contributed by atoms with Crippen LogP contribution in [-0.4, -0.2) is 23.6 Å². The van der Waals surface area contributed by atoms with Gasteiger partial charge in [-0.2, -0.15) is 5.26 Å². The summed E-state index contributed by atoms with van der Waals surface area (Å²) in [4.78, 5) is 26.4. The molecule has 0 aliphatic heterocycles. The van der Waals surface area contributed by atoms with E-state index in [9.17, 15) is 14.9 Å². The number of thiophene rings is 1. The minimum atomic E-state index is -0.481. The van der Waals surface area contributed by atoms with Crippen molar-refractivity contribution >= 4 is 45.7 Å². The van der Waals surface area contributed by atoms with E-state index in [1.807, 2.05) is 86.9 Å². The summed E-state index contributed by atoms with van der Waals surface area (Å²) in [7, 11) is 1.37. The molecule has 0 radical (unpaired) electrons. The van der Waals surface area contributed by atoms with Crippen LogP contribution in [0.5, 0.6) is 0 Å². The highest BCUT2D eigenvalue weighted by molar-refractivity contribution is 7.15. The van der Waals surface area contributed by atoms with Crippen LogP contribution in [0.4, 0.5) is 5.69 Å². The van der Waals surface area contributed by atoms with E-state index in [1.54, 1.807) is 6.08 Å². The van der Waals surface area contributed by atoms with E-state index in [1.165, 1.54) is 18.4 Å². The van der Waals surface area contributed by atoms with Gasteiger partial charge >= 0.3 is 5.97 Å². The number of hydrogen-bond acceptors (Lipinski definition) is 5. The molecule has 1 N–H and O–H groups in total. The highest BCUT2D eigenvalue weighted by Crippen LogP contribution is 2.35. The van der Waals surface area contributed by atoms with Gasteiger partial charge in [-0.15, -0.1) is 11.3 Å². The lowest BCUT2D eigenvalue weighted by Gasteiger charge is -2.10. The van der Waals surface area contributed by atoms with Crippen molar-refractivity contribution in [3.05, 3.63) is 87.1 Å². The second kappa shape index (κ2) is 9.61. The van der Waals surface area contributed by atoms with E-state index in [-0.39, 0.29) is 11.5 Å². The molecule has 2 aromatic heterocycles. The molecule has 7 heteroatoms. The Morgan fingerprint density at radius 1 is 1.06 bits per heavy atom. The van der Waals surface area contributed by atoms with Crippen molar-refractivity contribution in [2.45, 2.75) is 27.7 Å². The number of benzene rings is 2. The van der Waals surface area contributed by atoms with Gasteiger partial charge in [0.1, 0.15) is 16.6 Å². The van der Waals surface area contributed by atoms with Crippen molar-refractivity contribution in [1.29, 1.82) is 5.26 Å². The van der Waals surface area contributed by atoms with Crippen LogP contribution in [0.3, 0.4) is 0 Å². The summed E-state index contributed by atoms with van der Waals surface area (Å²) < 4.78 is 6.99. The molecule has 0 aliphatic carbocycles. The number of ether oxygens (including phenoxy) is 1. The van der Waals surface area contributed by atoms with Gasteiger partial charge in [0.15, 0.2) is 0 Å². The molecule has 0 unspecified atom stereocenters. The van der Waals surface area contributed by atoms with Crippen LogP contribution in [0.2, 0.25) is 0 Å². The van der Waals surface area contributed by atoms with E-state index in [2.05, 4.69) is 5.32 Å². The fourth-order valence-corrected chi connectivity index (χ4v) is 5.38. The van der Waals surface area contributed by atoms with Crippen molar-refractivity contribution in [3.63, 3.8) is 0 Å². The Kier molecular flexibility index (Phi) is 6.59. The van der Waals surface area contributed by atoms with Gasteiger partial charge in [-0.1, -0.05) is 30.3 Å². The molecule has 0 saturated carbocycles. The molecule has 0 bridgehead atoms. The molecule has 2 aromatic carbocycles. The quantitative estimate of drug-likeness (QED) is 0.206. The lowest BCUT2D eigenvalue weighted by atomic mass is 10.1. The molecule has 0 saturated heterocycles. The number of methoxy groups -OCH3 is 1. The fraction of sp³-hybridized carbons (Fsp3) is 0.179. The Labute approximate surface area is 208 Å². The van der Waals surface area contributed by atoms with Gasteiger partial charge in [-0.3, -0.25) is 4.79 Å². The van der Waals surface area contributed by atoms with Crippen LogP contribution in [-0.2, 0) is 9.53 Å². The number of nitriles is 1. The Balaban J connectivity index is 1.69. The van der Waals surface area contributed by atoms with Crippen LogP contribution < -0.4 is 5.32 Å². The van der Waals surface area contributed by atoms with Crippen molar-refractivity contribution < 1.29 is 14.3 Å². The predicted octanol–water partition coefficient (Wildman–Crippen LogP) is 6.26. The van der Waals surface area contributed by atoms with Gasteiger partial charge in [0.25, 0.3) is 5.91 Å². The first-order chi connectivity index (χ1) is 16.7. The fourth-order valence-electron chi connectivity index (χ4n) is 4.12. The minimum Gasteiger partial charge on any atom is -0.465 e. The lowest BCUT2D eigenvalue weighted by molar-refractivity contribution is -0.112. The maximum atomic E-state index is 12.9. The number of carbonyl (C=O) groups is 2. The number of aromatic nitrogens is 1. The Morgan fingerprint density at radius 2 is 1.77 bits per heavy atom. The van der Waals surface area contributed by atoms with Crippen molar-refractivity contribution in [1.82, 2.24) is 4.57 Å². The number of esters is 1. The van der Waals surface area contributed by atoms with E-state index < -0.39 is 5.91 Å². The van der Waals surface area contributed by atoms with Crippen LogP contribution >= 0.6 is 11.3 Å². The first-order valence-corrected chi connectivity index (χ1v) is 11.9. The molecule has 2 heterocycles.